The number of anilines is 1. The highest BCUT2D eigenvalue weighted by Crippen LogP contribution is 2.28. The fourth-order valence-corrected chi connectivity index (χ4v) is 3.55. The van der Waals surface area contributed by atoms with Crippen molar-refractivity contribution in [3.05, 3.63) is 46.0 Å². The first kappa shape index (κ1) is 14.3. The molecule has 0 radical (unpaired) electrons. The number of nitrogens with one attached hydrogen (secondary N) is 1. The molecule has 7 nitrogen and oxygen atoms in total. The summed E-state index contributed by atoms with van der Waals surface area (Å²) >= 11 is 1.59. The highest BCUT2D eigenvalue weighted by molar-refractivity contribution is 7.17. The number of thiophene rings is 1. The van der Waals surface area contributed by atoms with E-state index >= 15 is 0 Å². The predicted molar refractivity (Wildman–Crippen MR) is 87.9 cm³/mol. The van der Waals surface area contributed by atoms with Gasteiger partial charge in [0.25, 0.3) is 5.56 Å². The Hall–Kier alpha value is -2.32. The van der Waals surface area contributed by atoms with E-state index < -0.39 is 0 Å². The fraction of sp³-hybridized carbons (Fsp3) is 0.333. The summed E-state index contributed by atoms with van der Waals surface area (Å²) in [5.41, 5.74) is 1.59. The maximum Gasteiger partial charge on any atom is 0.267 e. The lowest BCUT2D eigenvalue weighted by Gasteiger charge is -2.21. The van der Waals surface area contributed by atoms with Crippen LogP contribution < -0.4 is 10.9 Å². The van der Waals surface area contributed by atoms with Gasteiger partial charge in [-0.15, -0.1) is 11.3 Å². The fourth-order valence-electron chi connectivity index (χ4n) is 2.75. The van der Waals surface area contributed by atoms with Crippen LogP contribution >= 0.6 is 11.3 Å². The molecule has 0 aromatic carbocycles. The van der Waals surface area contributed by atoms with E-state index in [1.165, 1.54) is 4.68 Å². The Bertz CT molecular complexity index is 906. The van der Waals surface area contributed by atoms with Gasteiger partial charge in [-0.25, -0.2) is 14.6 Å². The quantitative estimate of drug-likeness (QED) is 0.786. The van der Waals surface area contributed by atoms with E-state index in [1.807, 2.05) is 18.4 Å². The van der Waals surface area contributed by atoms with Crippen LogP contribution in [0.15, 0.2) is 34.7 Å². The van der Waals surface area contributed by atoms with Crippen LogP contribution in [0.4, 0.5) is 5.82 Å². The van der Waals surface area contributed by atoms with E-state index in [9.17, 15) is 4.79 Å². The number of rotatable bonds is 3. The summed E-state index contributed by atoms with van der Waals surface area (Å²) in [5, 5.41) is 9.74. The van der Waals surface area contributed by atoms with Crippen LogP contribution in [0.5, 0.6) is 0 Å². The van der Waals surface area contributed by atoms with Crippen LogP contribution in [0.2, 0.25) is 0 Å². The number of aryl methyl sites for hydroxylation is 1. The summed E-state index contributed by atoms with van der Waals surface area (Å²) in [5.74, 6) is 0.770. The van der Waals surface area contributed by atoms with Gasteiger partial charge >= 0.3 is 0 Å². The molecular weight excluding hydrogens is 314 g/mol. The number of nitrogens with zero attached hydrogens (tertiary/aromatic N) is 4. The standard InChI is InChI=1S/C15H15N5O2S/c1-9-2-3-13(21)20(19-9)12-7-22-6-11(12)18-15-14-10(4-5-23-14)16-8-17-15/h2-5,8,11-12H,6-7H2,1H3,(H,16,17,18). The van der Waals surface area contributed by atoms with Crippen molar-refractivity contribution in [2.45, 2.75) is 19.0 Å². The molecule has 1 N–H and O–H groups in total. The van der Waals surface area contributed by atoms with Crippen LogP contribution in [0.3, 0.4) is 0 Å². The lowest BCUT2D eigenvalue weighted by Crippen LogP contribution is -2.37. The molecule has 3 aromatic heterocycles. The SMILES string of the molecule is Cc1ccc(=O)n(C2COCC2Nc2ncnc3ccsc23)n1. The summed E-state index contributed by atoms with van der Waals surface area (Å²) in [4.78, 5) is 20.7. The third kappa shape index (κ3) is 2.60. The van der Waals surface area contributed by atoms with Gasteiger partial charge in [-0.2, -0.15) is 5.10 Å². The Morgan fingerprint density at radius 2 is 2.22 bits per heavy atom. The second-order valence-corrected chi connectivity index (χ2v) is 6.39. The van der Waals surface area contributed by atoms with Crippen molar-refractivity contribution in [2.24, 2.45) is 0 Å². The van der Waals surface area contributed by atoms with Crippen molar-refractivity contribution in [3.63, 3.8) is 0 Å². The van der Waals surface area contributed by atoms with Gasteiger partial charge in [0.2, 0.25) is 0 Å². The molecule has 0 bridgehead atoms. The van der Waals surface area contributed by atoms with Gasteiger partial charge in [0, 0.05) is 6.07 Å². The topological polar surface area (TPSA) is 81.9 Å². The van der Waals surface area contributed by atoms with Gasteiger partial charge in [-0.05, 0) is 24.4 Å². The predicted octanol–water partition coefficient (Wildman–Crippen LogP) is 1.61. The number of hydrogen-bond acceptors (Lipinski definition) is 7. The highest BCUT2D eigenvalue weighted by Gasteiger charge is 2.32. The molecule has 0 saturated carbocycles. The van der Waals surface area contributed by atoms with Gasteiger partial charge in [0.1, 0.15) is 18.2 Å². The lowest BCUT2D eigenvalue weighted by molar-refractivity contribution is 0.182. The molecule has 0 spiro atoms. The Morgan fingerprint density at radius 3 is 3.13 bits per heavy atom. The van der Waals surface area contributed by atoms with E-state index in [0.717, 1.165) is 21.7 Å². The molecule has 0 amide bonds. The van der Waals surface area contributed by atoms with Crippen molar-refractivity contribution >= 4 is 27.4 Å². The van der Waals surface area contributed by atoms with Gasteiger partial charge in [-0.3, -0.25) is 4.79 Å². The maximum absolute atomic E-state index is 12.1. The molecule has 118 valence electrons. The molecule has 1 aliphatic heterocycles. The lowest BCUT2D eigenvalue weighted by atomic mass is 10.1. The van der Waals surface area contributed by atoms with Gasteiger partial charge in [0.15, 0.2) is 0 Å². The van der Waals surface area contributed by atoms with E-state index in [1.54, 1.807) is 29.8 Å². The number of fused-ring (bicyclic) bond motifs is 1. The third-order valence-electron chi connectivity index (χ3n) is 3.89. The number of aromatic nitrogens is 4. The zero-order chi connectivity index (χ0) is 15.8. The van der Waals surface area contributed by atoms with E-state index in [4.69, 9.17) is 4.74 Å². The zero-order valence-corrected chi connectivity index (χ0v) is 13.3. The molecule has 1 fully saturated rings. The second-order valence-electron chi connectivity index (χ2n) is 5.47. The van der Waals surface area contributed by atoms with E-state index in [-0.39, 0.29) is 17.6 Å². The average Bonchev–Trinajstić information content (AvgIpc) is 3.19. The first-order chi connectivity index (χ1) is 11.2. The first-order valence-corrected chi connectivity index (χ1v) is 8.19. The zero-order valence-electron chi connectivity index (χ0n) is 12.5. The Morgan fingerprint density at radius 1 is 1.30 bits per heavy atom. The summed E-state index contributed by atoms with van der Waals surface area (Å²) in [6.45, 7) is 2.82. The van der Waals surface area contributed by atoms with Crippen LogP contribution in [0, 0.1) is 6.92 Å². The molecule has 4 heterocycles. The Kier molecular flexibility index (Phi) is 3.55. The summed E-state index contributed by atoms with van der Waals surface area (Å²) in [6, 6.07) is 4.99. The molecule has 1 saturated heterocycles. The van der Waals surface area contributed by atoms with Gasteiger partial charge in [-0.1, -0.05) is 0 Å². The molecule has 0 aliphatic carbocycles. The molecule has 23 heavy (non-hydrogen) atoms. The van der Waals surface area contributed by atoms with E-state index in [2.05, 4.69) is 20.4 Å². The number of hydrogen-bond donors (Lipinski definition) is 1. The monoisotopic (exact) mass is 329 g/mol. The second kappa shape index (κ2) is 5.71. The smallest absolute Gasteiger partial charge is 0.267 e. The summed E-state index contributed by atoms with van der Waals surface area (Å²) in [6.07, 6.45) is 1.54. The number of ether oxygens (including phenoxy) is 1. The van der Waals surface area contributed by atoms with Crippen molar-refractivity contribution in [1.82, 2.24) is 19.7 Å². The molecule has 8 heteroatoms. The molecule has 4 rings (SSSR count). The van der Waals surface area contributed by atoms with Crippen LogP contribution in [-0.2, 0) is 4.74 Å². The minimum atomic E-state index is -0.160. The minimum Gasteiger partial charge on any atom is -0.377 e. The molecular formula is C15H15N5O2S. The van der Waals surface area contributed by atoms with Crippen molar-refractivity contribution in [2.75, 3.05) is 18.5 Å². The largest absolute Gasteiger partial charge is 0.377 e. The van der Waals surface area contributed by atoms with Crippen molar-refractivity contribution in [3.8, 4) is 0 Å². The van der Waals surface area contributed by atoms with Crippen molar-refractivity contribution < 1.29 is 4.74 Å². The molecule has 3 aromatic rings. The van der Waals surface area contributed by atoms with Gasteiger partial charge < -0.3 is 10.1 Å². The van der Waals surface area contributed by atoms with Crippen LogP contribution in [-0.4, -0.2) is 39.0 Å². The Labute approximate surface area is 136 Å². The van der Waals surface area contributed by atoms with Gasteiger partial charge in [0.05, 0.1) is 35.2 Å². The Balaban J connectivity index is 1.67. The molecule has 1 aliphatic rings. The van der Waals surface area contributed by atoms with Crippen LogP contribution in [0.1, 0.15) is 11.7 Å². The molecule has 2 atom stereocenters. The molecule has 2 unspecified atom stereocenters. The first-order valence-electron chi connectivity index (χ1n) is 7.31. The third-order valence-corrected chi connectivity index (χ3v) is 4.80. The highest BCUT2D eigenvalue weighted by atomic mass is 32.1. The maximum atomic E-state index is 12.1. The summed E-state index contributed by atoms with van der Waals surface area (Å²) < 4.78 is 8.09. The summed E-state index contributed by atoms with van der Waals surface area (Å²) in [7, 11) is 0. The van der Waals surface area contributed by atoms with Crippen LogP contribution in [0.25, 0.3) is 10.2 Å². The van der Waals surface area contributed by atoms with E-state index in [0.29, 0.717) is 13.2 Å². The average molecular weight is 329 g/mol. The normalized spacial score (nSPS) is 20.9. The minimum absolute atomic E-state index is 0.0674. The van der Waals surface area contributed by atoms with Crippen molar-refractivity contribution in [1.29, 1.82) is 0 Å².